The van der Waals surface area contributed by atoms with Crippen molar-refractivity contribution in [2.24, 2.45) is 5.14 Å². The third-order valence-electron chi connectivity index (χ3n) is 2.47. The number of amides is 1. The van der Waals surface area contributed by atoms with E-state index in [0.29, 0.717) is 5.69 Å². The van der Waals surface area contributed by atoms with E-state index in [1.165, 1.54) is 17.3 Å². The predicted octanol–water partition coefficient (Wildman–Crippen LogP) is -0.476. The zero-order valence-corrected chi connectivity index (χ0v) is 10.1. The van der Waals surface area contributed by atoms with Gasteiger partial charge < -0.3 is 4.90 Å². The van der Waals surface area contributed by atoms with Crippen molar-refractivity contribution in [3.8, 4) is 0 Å². The van der Waals surface area contributed by atoms with Gasteiger partial charge in [0.05, 0.1) is 18.1 Å². The van der Waals surface area contributed by atoms with Gasteiger partial charge in [-0.3, -0.25) is 4.79 Å². The zero-order chi connectivity index (χ0) is 12.6. The minimum Gasteiger partial charge on any atom is -0.308 e. The summed E-state index contributed by atoms with van der Waals surface area (Å²) in [4.78, 5) is 20.4. The fraction of sp³-hybridized carbons (Fsp3) is 0.375. The lowest BCUT2D eigenvalue weighted by Gasteiger charge is -2.14. The van der Waals surface area contributed by atoms with Crippen LogP contribution in [-0.2, 0) is 14.8 Å². The first kappa shape index (κ1) is 12.2. The van der Waals surface area contributed by atoms with Gasteiger partial charge in [0.2, 0.25) is 21.2 Å². The lowest BCUT2D eigenvalue weighted by molar-refractivity contribution is -0.117. The molecule has 1 aromatic rings. The van der Waals surface area contributed by atoms with Crippen molar-refractivity contribution >= 4 is 33.2 Å². The molecule has 9 heteroatoms. The van der Waals surface area contributed by atoms with Gasteiger partial charge in [-0.15, -0.1) is 0 Å². The molecule has 1 fully saturated rings. The lowest BCUT2D eigenvalue weighted by Crippen LogP contribution is -2.32. The van der Waals surface area contributed by atoms with Crippen LogP contribution in [0.3, 0.4) is 0 Å². The SMILES string of the molecule is NS(=O)(=O)C1CC(=O)N(c2cnc(Cl)nc2)C1. The molecule has 2 N–H and O–H groups in total. The van der Waals surface area contributed by atoms with Gasteiger partial charge in [-0.05, 0) is 11.6 Å². The van der Waals surface area contributed by atoms with E-state index in [1.54, 1.807) is 0 Å². The summed E-state index contributed by atoms with van der Waals surface area (Å²) in [5.74, 6) is -0.324. The number of nitrogens with zero attached hydrogens (tertiary/aromatic N) is 3. The Balaban J connectivity index is 2.24. The number of primary sulfonamides is 1. The number of carbonyl (C=O) groups is 1. The Bertz CT molecular complexity index is 544. The summed E-state index contributed by atoms with van der Waals surface area (Å²) in [7, 11) is -3.71. The summed E-state index contributed by atoms with van der Waals surface area (Å²) in [6.45, 7) is 0.0165. The van der Waals surface area contributed by atoms with Crippen molar-refractivity contribution in [1.82, 2.24) is 9.97 Å². The average Bonchev–Trinajstić information content (AvgIpc) is 2.61. The number of sulfonamides is 1. The largest absolute Gasteiger partial charge is 0.308 e. The van der Waals surface area contributed by atoms with Crippen molar-refractivity contribution in [2.75, 3.05) is 11.4 Å². The molecule has 0 aromatic carbocycles. The summed E-state index contributed by atoms with van der Waals surface area (Å²) >= 11 is 5.51. The number of halogens is 1. The minimum absolute atomic E-state index is 0.0165. The van der Waals surface area contributed by atoms with Crippen LogP contribution in [0.2, 0.25) is 5.28 Å². The number of hydrogen-bond acceptors (Lipinski definition) is 5. The summed E-state index contributed by atoms with van der Waals surface area (Å²) in [6, 6.07) is 0. The van der Waals surface area contributed by atoms with Crippen LogP contribution in [0.25, 0.3) is 0 Å². The summed E-state index contributed by atoms with van der Waals surface area (Å²) < 4.78 is 22.3. The van der Waals surface area contributed by atoms with Crippen molar-refractivity contribution < 1.29 is 13.2 Å². The maximum atomic E-state index is 11.6. The molecule has 7 nitrogen and oxygen atoms in total. The number of carbonyl (C=O) groups excluding carboxylic acids is 1. The van der Waals surface area contributed by atoms with Crippen LogP contribution < -0.4 is 10.0 Å². The number of anilines is 1. The third kappa shape index (κ3) is 2.54. The maximum absolute atomic E-state index is 11.6. The van der Waals surface area contributed by atoms with Gasteiger partial charge in [-0.1, -0.05) is 0 Å². The van der Waals surface area contributed by atoms with Gasteiger partial charge in [0, 0.05) is 13.0 Å². The molecule has 1 aliphatic rings. The molecule has 2 heterocycles. The predicted molar refractivity (Wildman–Crippen MR) is 60.9 cm³/mol. The minimum atomic E-state index is -3.71. The van der Waals surface area contributed by atoms with E-state index < -0.39 is 15.3 Å². The summed E-state index contributed by atoms with van der Waals surface area (Å²) in [5, 5.41) is 4.18. The highest BCUT2D eigenvalue weighted by Crippen LogP contribution is 2.23. The zero-order valence-electron chi connectivity index (χ0n) is 8.58. The first-order valence-electron chi connectivity index (χ1n) is 4.67. The average molecular weight is 277 g/mol. The molecule has 1 aromatic heterocycles. The third-order valence-corrected chi connectivity index (χ3v) is 3.91. The second-order valence-electron chi connectivity index (χ2n) is 3.63. The van der Waals surface area contributed by atoms with Gasteiger partial charge in [0.15, 0.2) is 0 Å². The highest BCUT2D eigenvalue weighted by atomic mass is 35.5. The Morgan fingerprint density at radius 3 is 2.47 bits per heavy atom. The van der Waals surface area contributed by atoms with E-state index >= 15 is 0 Å². The Kier molecular flexibility index (Phi) is 3.02. The number of rotatable bonds is 2. The molecule has 1 unspecified atom stereocenters. The van der Waals surface area contributed by atoms with Crippen LogP contribution in [0.5, 0.6) is 0 Å². The van der Waals surface area contributed by atoms with E-state index in [2.05, 4.69) is 9.97 Å². The Morgan fingerprint density at radius 1 is 1.41 bits per heavy atom. The van der Waals surface area contributed by atoms with Crippen molar-refractivity contribution in [3.63, 3.8) is 0 Å². The molecule has 0 saturated carbocycles. The molecular weight excluding hydrogens is 268 g/mol. The standard InChI is InChI=1S/C8H9ClN4O3S/c9-8-11-2-5(3-12-8)13-4-6(1-7(13)14)17(10,15)16/h2-3,6H,1,4H2,(H2,10,15,16). The van der Waals surface area contributed by atoms with E-state index in [9.17, 15) is 13.2 Å². The summed E-state index contributed by atoms with van der Waals surface area (Å²) in [5.41, 5.74) is 0.408. The number of nitrogens with two attached hydrogens (primary N) is 1. The van der Waals surface area contributed by atoms with Gasteiger partial charge in [0.25, 0.3) is 0 Å². The van der Waals surface area contributed by atoms with Crippen LogP contribution in [0, 0.1) is 0 Å². The quantitative estimate of drug-likeness (QED) is 0.735. The molecule has 1 aliphatic heterocycles. The Labute approximate surface area is 103 Å². The Morgan fingerprint density at radius 2 is 2.00 bits per heavy atom. The fourth-order valence-corrected chi connectivity index (χ4v) is 2.42. The second-order valence-corrected chi connectivity index (χ2v) is 5.81. The molecule has 0 aliphatic carbocycles. The number of aromatic nitrogens is 2. The van der Waals surface area contributed by atoms with Crippen molar-refractivity contribution in [3.05, 3.63) is 17.7 Å². The molecule has 17 heavy (non-hydrogen) atoms. The first-order valence-corrected chi connectivity index (χ1v) is 6.66. The van der Waals surface area contributed by atoms with E-state index in [1.807, 2.05) is 0 Å². The van der Waals surface area contributed by atoms with E-state index in [0.717, 1.165) is 0 Å². The molecular formula is C8H9ClN4O3S. The van der Waals surface area contributed by atoms with Crippen LogP contribution in [-0.4, -0.2) is 36.1 Å². The molecule has 2 rings (SSSR count). The highest BCUT2D eigenvalue weighted by molar-refractivity contribution is 7.89. The fourth-order valence-electron chi connectivity index (χ4n) is 1.59. The molecule has 0 radical (unpaired) electrons. The maximum Gasteiger partial charge on any atom is 0.228 e. The molecule has 1 atom stereocenters. The van der Waals surface area contributed by atoms with Gasteiger partial charge in [0.1, 0.15) is 5.25 Å². The molecule has 0 bridgehead atoms. The molecule has 1 amide bonds. The van der Waals surface area contributed by atoms with Crippen LogP contribution in [0.4, 0.5) is 5.69 Å². The van der Waals surface area contributed by atoms with Crippen molar-refractivity contribution in [1.29, 1.82) is 0 Å². The lowest BCUT2D eigenvalue weighted by atomic mass is 10.4. The van der Waals surface area contributed by atoms with E-state index in [-0.39, 0.29) is 24.2 Å². The van der Waals surface area contributed by atoms with Gasteiger partial charge in [-0.2, -0.15) is 0 Å². The highest BCUT2D eigenvalue weighted by Gasteiger charge is 2.37. The smallest absolute Gasteiger partial charge is 0.228 e. The number of hydrogen-bond donors (Lipinski definition) is 1. The van der Waals surface area contributed by atoms with Gasteiger partial charge >= 0.3 is 0 Å². The first-order chi connectivity index (χ1) is 7.88. The normalized spacial score (nSPS) is 20.9. The molecule has 0 spiro atoms. The monoisotopic (exact) mass is 276 g/mol. The van der Waals surface area contributed by atoms with Crippen LogP contribution in [0.15, 0.2) is 12.4 Å². The Hall–Kier alpha value is -1.25. The van der Waals surface area contributed by atoms with E-state index in [4.69, 9.17) is 16.7 Å². The van der Waals surface area contributed by atoms with Crippen LogP contribution >= 0.6 is 11.6 Å². The molecule has 1 saturated heterocycles. The second kappa shape index (κ2) is 4.21. The topological polar surface area (TPSA) is 106 Å². The van der Waals surface area contributed by atoms with Crippen LogP contribution in [0.1, 0.15) is 6.42 Å². The van der Waals surface area contributed by atoms with Gasteiger partial charge in [-0.25, -0.2) is 23.5 Å². The van der Waals surface area contributed by atoms with Crippen molar-refractivity contribution in [2.45, 2.75) is 11.7 Å². The molecule has 92 valence electrons. The summed E-state index contributed by atoms with van der Waals surface area (Å²) in [6.07, 6.45) is 2.60.